The fourth-order valence-corrected chi connectivity index (χ4v) is 1.50. The molecule has 0 heterocycles. The van der Waals surface area contributed by atoms with Gasteiger partial charge in [0.2, 0.25) is 0 Å². The Labute approximate surface area is 100 Å². The molecule has 0 aromatic rings. The summed E-state index contributed by atoms with van der Waals surface area (Å²) in [5.74, 6) is 0. The summed E-state index contributed by atoms with van der Waals surface area (Å²) in [5.41, 5.74) is -0.397. The number of nitrogens with zero attached hydrogens (tertiary/aromatic N) is 1. The fraction of sp³-hybridized carbons (Fsp3) is 0.923. The third kappa shape index (κ3) is 7.67. The summed E-state index contributed by atoms with van der Waals surface area (Å²) < 4.78 is 5.53. The highest BCUT2D eigenvalue weighted by molar-refractivity contribution is 5.02. The molecule has 3 heteroatoms. The molecule has 0 aliphatic rings. The fourth-order valence-electron chi connectivity index (χ4n) is 1.50. The number of nitrogens with one attached hydrogen (secondary N) is 1. The molecule has 0 aliphatic heterocycles. The van der Waals surface area contributed by atoms with Crippen LogP contribution in [0.5, 0.6) is 0 Å². The van der Waals surface area contributed by atoms with Crippen LogP contribution >= 0.6 is 0 Å². The molecule has 0 fully saturated rings. The molecule has 0 saturated carbocycles. The zero-order valence-electron chi connectivity index (χ0n) is 11.0. The van der Waals surface area contributed by atoms with Crippen LogP contribution in [0.2, 0.25) is 0 Å². The largest absolute Gasteiger partial charge is 0.381 e. The Hall–Kier alpha value is -0.590. The van der Waals surface area contributed by atoms with Crippen LogP contribution in [0.25, 0.3) is 0 Å². The number of unbranched alkanes of at least 4 members (excludes halogenated alkanes) is 3. The van der Waals surface area contributed by atoms with E-state index in [1.54, 1.807) is 0 Å². The summed E-state index contributed by atoms with van der Waals surface area (Å²) >= 11 is 0. The topological polar surface area (TPSA) is 45.0 Å². The lowest BCUT2D eigenvalue weighted by atomic mass is 9.98. The lowest BCUT2D eigenvalue weighted by Crippen LogP contribution is -2.38. The minimum atomic E-state index is -0.397. The van der Waals surface area contributed by atoms with Crippen molar-refractivity contribution in [2.45, 2.75) is 57.9 Å². The van der Waals surface area contributed by atoms with Gasteiger partial charge in [-0.2, -0.15) is 5.26 Å². The Morgan fingerprint density at radius 1 is 1.19 bits per heavy atom. The summed E-state index contributed by atoms with van der Waals surface area (Å²) in [5, 5.41) is 12.0. The SMILES string of the molecule is CCCCCCOCCCC(C)(C#N)NC. The number of ether oxygens (including phenoxy) is 1. The van der Waals surface area contributed by atoms with Crippen LogP contribution in [0.4, 0.5) is 0 Å². The van der Waals surface area contributed by atoms with Gasteiger partial charge in [0.25, 0.3) is 0 Å². The molecule has 0 radical (unpaired) electrons. The molecule has 0 aromatic heterocycles. The maximum absolute atomic E-state index is 8.93. The molecule has 0 amide bonds. The maximum Gasteiger partial charge on any atom is 0.103 e. The van der Waals surface area contributed by atoms with Crippen LogP contribution < -0.4 is 5.32 Å². The van der Waals surface area contributed by atoms with E-state index in [0.29, 0.717) is 0 Å². The lowest BCUT2D eigenvalue weighted by Gasteiger charge is -2.20. The predicted molar refractivity (Wildman–Crippen MR) is 67.3 cm³/mol. The van der Waals surface area contributed by atoms with Gasteiger partial charge in [-0.15, -0.1) is 0 Å². The van der Waals surface area contributed by atoms with Gasteiger partial charge in [-0.3, -0.25) is 0 Å². The molecule has 0 saturated heterocycles. The van der Waals surface area contributed by atoms with Gasteiger partial charge in [0.05, 0.1) is 6.07 Å². The van der Waals surface area contributed by atoms with E-state index in [-0.39, 0.29) is 0 Å². The van der Waals surface area contributed by atoms with Crippen molar-refractivity contribution in [1.82, 2.24) is 5.32 Å². The van der Waals surface area contributed by atoms with E-state index >= 15 is 0 Å². The second-order valence-corrected chi connectivity index (χ2v) is 4.47. The Morgan fingerprint density at radius 2 is 1.88 bits per heavy atom. The molecule has 0 rings (SSSR count). The molecule has 0 aromatic carbocycles. The van der Waals surface area contributed by atoms with Crippen molar-refractivity contribution in [3.05, 3.63) is 0 Å². The Bertz CT molecular complexity index is 201. The monoisotopic (exact) mass is 226 g/mol. The number of hydrogen-bond acceptors (Lipinski definition) is 3. The smallest absolute Gasteiger partial charge is 0.103 e. The Balaban J connectivity index is 3.30. The number of nitriles is 1. The van der Waals surface area contributed by atoms with Crippen molar-refractivity contribution in [2.75, 3.05) is 20.3 Å². The zero-order chi connectivity index (χ0) is 12.3. The molecule has 0 aliphatic carbocycles. The first-order valence-electron chi connectivity index (χ1n) is 6.36. The van der Waals surface area contributed by atoms with Crippen LogP contribution in [0, 0.1) is 11.3 Å². The minimum absolute atomic E-state index is 0.397. The molecule has 1 N–H and O–H groups in total. The van der Waals surface area contributed by atoms with Crippen molar-refractivity contribution >= 4 is 0 Å². The van der Waals surface area contributed by atoms with Gasteiger partial charge >= 0.3 is 0 Å². The molecule has 94 valence electrons. The summed E-state index contributed by atoms with van der Waals surface area (Å²) in [6, 6.07) is 2.28. The Kier molecular flexibility index (Phi) is 9.27. The van der Waals surface area contributed by atoms with Crippen molar-refractivity contribution < 1.29 is 4.74 Å². The quantitative estimate of drug-likeness (QED) is 0.583. The normalized spacial score (nSPS) is 14.4. The van der Waals surface area contributed by atoms with Gasteiger partial charge in [-0.1, -0.05) is 26.2 Å². The average molecular weight is 226 g/mol. The number of hydrogen-bond donors (Lipinski definition) is 1. The maximum atomic E-state index is 8.93. The second-order valence-electron chi connectivity index (χ2n) is 4.47. The predicted octanol–water partition coefficient (Wildman–Crippen LogP) is 2.87. The van der Waals surface area contributed by atoms with Gasteiger partial charge in [0.15, 0.2) is 0 Å². The average Bonchev–Trinajstić information content (AvgIpc) is 2.32. The van der Waals surface area contributed by atoms with E-state index in [0.717, 1.165) is 32.5 Å². The van der Waals surface area contributed by atoms with Crippen molar-refractivity contribution in [1.29, 1.82) is 5.26 Å². The standard InChI is InChI=1S/C13H26N2O/c1-4-5-6-7-10-16-11-8-9-13(2,12-14)15-3/h15H,4-11H2,1-3H3. The van der Waals surface area contributed by atoms with E-state index in [2.05, 4.69) is 18.3 Å². The highest BCUT2D eigenvalue weighted by Crippen LogP contribution is 2.10. The molecule has 1 atom stereocenters. The molecule has 1 unspecified atom stereocenters. The molecule has 0 spiro atoms. The third-order valence-corrected chi connectivity index (χ3v) is 2.91. The van der Waals surface area contributed by atoms with Crippen molar-refractivity contribution in [3.8, 4) is 6.07 Å². The molecule has 0 bridgehead atoms. The Morgan fingerprint density at radius 3 is 2.44 bits per heavy atom. The van der Waals surface area contributed by atoms with Gasteiger partial charge in [-0.05, 0) is 33.2 Å². The second kappa shape index (κ2) is 9.62. The van der Waals surface area contributed by atoms with Crippen LogP contribution in [0.15, 0.2) is 0 Å². The molecule has 3 nitrogen and oxygen atoms in total. The molecule has 16 heavy (non-hydrogen) atoms. The summed E-state index contributed by atoms with van der Waals surface area (Å²) in [6.45, 7) is 5.77. The first-order chi connectivity index (χ1) is 7.68. The van der Waals surface area contributed by atoms with E-state index in [1.165, 1.54) is 19.3 Å². The van der Waals surface area contributed by atoms with E-state index < -0.39 is 5.54 Å². The van der Waals surface area contributed by atoms with E-state index in [1.807, 2.05) is 14.0 Å². The highest BCUT2D eigenvalue weighted by atomic mass is 16.5. The van der Waals surface area contributed by atoms with E-state index in [9.17, 15) is 0 Å². The van der Waals surface area contributed by atoms with Gasteiger partial charge in [0.1, 0.15) is 5.54 Å². The van der Waals surface area contributed by atoms with Gasteiger partial charge < -0.3 is 10.1 Å². The van der Waals surface area contributed by atoms with Crippen molar-refractivity contribution in [3.63, 3.8) is 0 Å². The number of rotatable bonds is 10. The molecular formula is C13H26N2O. The summed E-state index contributed by atoms with van der Waals surface area (Å²) in [6.07, 6.45) is 6.78. The minimum Gasteiger partial charge on any atom is -0.381 e. The van der Waals surface area contributed by atoms with Gasteiger partial charge in [-0.25, -0.2) is 0 Å². The van der Waals surface area contributed by atoms with Crippen LogP contribution in [0.1, 0.15) is 52.4 Å². The first kappa shape index (κ1) is 15.4. The van der Waals surface area contributed by atoms with Crippen LogP contribution in [-0.2, 0) is 4.74 Å². The third-order valence-electron chi connectivity index (χ3n) is 2.91. The van der Waals surface area contributed by atoms with Crippen molar-refractivity contribution in [2.24, 2.45) is 0 Å². The summed E-state index contributed by atoms with van der Waals surface area (Å²) in [7, 11) is 1.83. The summed E-state index contributed by atoms with van der Waals surface area (Å²) in [4.78, 5) is 0. The first-order valence-corrected chi connectivity index (χ1v) is 6.36. The van der Waals surface area contributed by atoms with Crippen LogP contribution in [0.3, 0.4) is 0 Å². The van der Waals surface area contributed by atoms with Crippen LogP contribution in [-0.4, -0.2) is 25.8 Å². The van der Waals surface area contributed by atoms with E-state index in [4.69, 9.17) is 10.00 Å². The highest BCUT2D eigenvalue weighted by Gasteiger charge is 2.19. The molecular weight excluding hydrogens is 200 g/mol. The zero-order valence-corrected chi connectivity index (χ0v) is 11.0. The van der Waals surface area contributed by atoms with Gasteiger partial charge in [0, 0.05) is 13.2 Å². The lowest BCUT2D eigenvalue weighted by molar-refractivity contribution is 0.122.